The standard InChI is InChI=1S/C26H27N3O4S2/c1-17-12-14-35-23(17)11-13-28-22(16-24(30)27-18-7-9-20(32-2)10-8-18)25(31)29(26(28)34)19-5-4-6-21(15-19)33-3/h4-10,12,14-15,22H,11,13,16H2,1-3H3,(H,27,30)/t22-/m1/s1. The maximum atomic E-state index is 13.6. The first kappa shape index (κ1) is 24.7. The number of ether oxygens (including phenoxy) is 2. The second-order valence-corrected chi connectivity index (χ2v) is 9.49. The molecule has 7 nitrogen and oxygen atoms in total. The maximum absolute atomic E-state index is 13.6. The Morgan fingerprint density at radius 2 is 1.83 bits per heavy atom. The lowest BCUT2D eigenvalue weighted by atomic mass is 10.1. The van der Waals surface area contributed by atoms with Crippen LogP contribution in [0.4, 0.5) is 11.4 Å². The summed E-state index contributed by atoms with van der Waals surface area (Å²) in [5, 5.41) is 5.32. The van der Waals surface area contributed by atoms with Crippen molar-refractivity contribution < 1.29 is 19.1 Å². The molecular weight excluding hydrogens is 482 g/mol. The second kappa shape index (κ2) is 10.9. The third kappa shape index (κ3) is 5.47. The number of carbonyl (C=O) groups is 2. The third-order valence-electron chi connectivity index (χ3n) is 5.93. The average Bonchev–Trinajstić information content (AvgIpc) is 3.37. The van der Waals surface area contributed by atoms with Gasteiger partial charge in [-0.3, -0.25) is 14.5 Å². The van der Waals surface area contributed by atoms with E-state index in [9.17, 15) is 9.59 Å². The molecule has 1 atom stereocenters. The summed E-state index contributed by atoms with van der Waals surface area (Å²) in [4.78, 5) is 31.1. The Labute approximate surface area is 214 Å². The van der Waals surface area contributed by atoms with Gasteiger partial charge in [0.1, 0.15) is 17.5 Å². The molecule has 1 aliphatic rings. The van der Waals surface area contributed by atoms with Crippen LogP contribution in [0, 0.1) is 6.92 Å². The average molecular weight is 510 g/mol. The number of hydrogen-bond donors (Lipinski definition) is 1. The van der Waals surface area contributed by atoms with Crippen molar-refractivity contribution in [1.29, 1.82) is 0 Å². The molecule has 0 bridgehead atoms. The lowest BCUT2D eigenvalue weighted by Gasteiger charge is -2.24. The topological polar surface area (TPSA) is 71.1 Å². The van der Waals surface area contributed by atoms with E-state index in [1.54, 1.807) is 55.9 Å². The monoisotopic (exact) mass is 509 g/mol. The maximum Gasteiger partial charge on any atom is 0.256 e. The summed E-state index contributed by atoms with van der Waals surface area (Å²) < 4.78 is 10.5. The van der Waals surface area contributed by atoms with E-state index in [1.165, 1.54) is 15.3 Å². The van der Waals surface area contributed by atoms with Gasteiger partial charge in [-0.2, -0.15) is 0 Å². The van der Waals surface area contributed by atoms with Crippen LogP contribution in [-0.2, 0) is 16.0 Å². The van der Waals surface area contributed by atoms with Gasteiger partial charge < -0.3 is 19.7 Å². The smallest absolute Gasteiger partial charge is 0.256 e. The zero-order valence-electron chi connectivity index (χ0n) is 19.8. The molecule has 1 N–H and O–H groups in total. The molecule has 0 unspecified atom stereocenters. The van der Waals surface area contributed by atoms with Gasteiger partial charge in [0.25, 0.3) is 5.91 Å². The molecule has 35 heavy (non-hydrogen) atoms. The van der Waals surface area contributed by atoms with Crippen LogP contribution >= 0.6 is 23.6 Å². The number of thiophene rings is 1. The van der Waals surface area contributed by atoms with Crippen molar-refractivity contribution in [3.05, 3.63) is 70.4 Å². The van der Waals surface area contributed by atoms with E-state index < -0.39 is 6.04 Å². The largest absolute Gasteiger partial charge is 0.497 e. The molecule has 2 aromatic carbocycles. The van der Waals surface area contributed by atoms with Crippen LogP contribution < -0.4 is 19.7 Å². The first-order valence-electron chi connectivity index (χ1n) is 11.2. The number of rotatable bonds is 9. The molecule has 9 heteroatoms. The molecular formula is C26H27N3O4S2. The SMILES string of the molecule is COc1ccc(NC(=O)C[C@@H]2C(=O)N(c3cccc(OC)c3)C(=S)N2CCc2sccc2C)cc1. The van der Waals surface area contributed by atoms with E-state index in [-0.39, 0.29) is 18.2 Å². The molecule has 0 radical (unpaired) electrons. The number of nitrogens with one attached hydrogen (secondary N) is 1. The molecule has 182 valence electrons. The summed E-state index contributed by atoms with van der Waals surface area (Å²) in [6, 6.07) is 15.6. The summed E-state index contributed by atoms with van der Waals surface area (Å²) in [5.41, 5.74) is 2.47. The first-order valence-corrected chi connectivity index (χ1v) is 12.5. The molecule has 4 rings (SSSR count). The minimum Gasteiger partial charge on any atom is -0.497 e. The number of carbonyl (C=O) groups excluding carboxylic acids is 2. The Bertz CT molecular complexity index is 1230. The summed E-state index contributed by atoms with van der Waals surface area (Å²) >= 11 is 7.45. The van der Waals surface area contributed by atoms with Gasteiger partial charge in [-0.25, -0.2) is 0 Å². The summed E-state index contributed by atoms with van der Waals surface area (Å²) in [7, 11) is 3.16. The normalized spacial score (nSPS) is 15.5. The third-order valence-corrected chi connectivity index (χ3v) is 7.43. The van der Waals surface area contributed by atoms with Crippen LogP contribution in [0.25, 0.3) is 0 Å². The molecule has 3 aromatic rings. The highest BCUT2D eigenvalue weighted by atomic mass is 32.1. The van der Waals surface area contributed by atoms with Gasteiger partial charge in [-0.1, -0.05) is 6.07 Å². The lowest BCUT2D eigenvalue weighted by molar-refractivity contribution is -0.124. The van der Waals surface area contributed by atoms with Crippen molar-refractivity contribution in [2.45, 2.75) is 25.8 Å². The van der Waals surface area contributed by atoms with Gasteiger partial charge in [0.05, 0.1) is 26.3 Å². The highest BCUT2D eigenvalue weighted by molar-refractivity contribution is 7.80. The van der Waals surface area contributed by atoms with Crippen LogP contribution in [0.3, 0.4) is 0 Å². The van der Waals surface area contributed by atoms with E-state index in [1.807, 2.05) is 23.1 Å². The van der Waals surface area contributed by atoms with E-state index >= 15 is 0 Å². The molecule has 0 saturated carbocycles. The molecule has 1 aromatic heterocycles. The number of methoxy groups -OCH3 is 2. The summed E-state index contributed by atoms with van der Waals surface area (Å²) in [6.45, 7) is 2.61. The van der Waals surface area contributed by atoms with Gasteiger partial charge in [-0.15, -0.1) is 11.3 Å². The van der Waals surface area contributed by atoms with E-state index in [0.29, 0.717) is 34.5 Å². The van der Waals surface area contributed by atoms with Crippen LogP contribution in [-0.4, -0.2) is 48.6 Å². The quantitative estimate of drug-likeness (QED) is 0.424. The number of benzene rings is 2. The molecule has 2 amide bonds. The number of thiocarbonyl (C=S) groups is 1. The number of anilines is 2. The highest BCUT2D eigenvalue weighted by Crippen LogP contribution is 2.30. The van der Waals surface area contributed by atoms with Gasteiger partial charge >= 0.3 is 0 Å². The molecule has 0 spiro atoms. The van der Waals surface area contributed by atoms with E-state index in [4.69, 9.17) is 21.7 Å². The van der Waals surface area contributed by atoms with Crippen molar-refractivity contribution in [3.8, 4) is 11.5 Å². The molecule has 1 aliphatic heterocycles. The molecule has 1 fully saturated rings. The fourth-order valence-corrected chi connectivity index (χ4v) is 5.33. The van der Waals surface area contributed by atoms with Crippen molar-refractivity contribution in [2.75, 3.05) is 31.0 Å². The van der Waals surface area contributed by atoms with Crippen LogP contribution in [0.15, 0.2) is 60.0 Å². The van der Waals surface area contributed by atoms with E-state index in [0.717, 1.165) is 6.42 Å². The number of amides is 2. The Hall–Kier alpha value is -3.43. The predicted molar refractivity (Wildman–Crippen MR) is 143 cm³/mol. The number of nitrogens with zero attached hydrogens (tertiary/aromatic N) is 2. The van der Waals surface area contributed by atoms with Gasteiger partial charge in [0.15, 0.2) is 5.11 Å². The van der Waals surface area contributed by atoms with Crippen molar-refractivity contribution >= 4 is 51.9 Å². The minimum absolute atomic E-state index is 0.0190. The fraction of sp³-hybridized carbons (Fsp3) is 0.269. The number of aryl methyl sites for hydroxylation is 1. The Kier molecular flexibility index (Phi) is 7.67. The van der Waals surface area contributed by atoms with Crippen molar-refractivity contribution in [1.82, 2.24) is 4.90 Å². The van der Waals surface area contributed by atoms with Gasteiger partial charge in [-0.05, 0) is 79.0 Å². The highest BCUT2D eigenvalue weighted by Gasteiger charge is 2.44. The Morgan fingerprint density at radius 3 is 2.49 bits per heavy atom. The van der Waals surface area contributed by atoms with Crippen LogP contribution in [0.2, 0.25) is 0 Å². The minimum atomic E-state index is -0.702. The predicted octanol–water partition coefficient (Wildman–Crippen LogP) is 4.65. The van der Waals surface area contributed by atoms with Crippen LogP contribution in [0.1, 0.15) is 16.9 Å². The second-order valence-electron chi connectivity index (χ2n) is 8.12. The fourth-order valence-electron chi connectivity index (χ4n) is 4.02. The summed E-state index contributed by atoms with van der Waals surface area (Å²) in [5.74, 6) is 0.833. The Morgan fingerprint density at radius 1 is 1.09 bits per heavy atom. The molecule has 2 heterocycles. The van der Waals surface area contributed by atoms with E-state index in [2.05, 4.69) is 23.7 Å². The molecule has 1 saturated heterocycles. The van der Waals surface area contributed by atoms with Gasteiger partial charge in [0.2, 0.25) is 5.91 Å². The first-order chi connectivity index (χ1) is 16.9. The number of hydrogen-bond acceptors (Lipinski definition) is 6. The van der Waals surface area contributed by atoms with Crippen molar-refractivity contribution in [2.24, 2.45) is 0 Å². The van der Waals surface area contributed by atoms with Gasteiger partial charge in [0, 0.05) is 23.2 Å². The summed E-state index contributed by atoms with van der Waals surface area (Å²) in [6.07, 6.45) is 0.717. The van der Waals surface area contributed by atoms with Crippen molar-refractivity contribution in [3.63, 3.8) is 0 Å². The zero-order valence-corrected chi connectivity index (χ0v) is 21.4. The Balaban J connectivity index is 1.56. The molecule has 0 aliphatic carbocycles. The zero-order chi connectivity index (χ0) is 24.9. The lowest BCUT2D eigenvalue weighted by Crippen LogP contribution is -2.39. The van der Waals surface area contributed by atoms with Crippen LogP contribution in [0.5, 0.6) is 11.5 Å².